The third-order valence-electron chi connectivity index (χ3n) is 5.21. The van der Waals surface area contributed by atoms with Gasteiger partial charge in [0, 0.05) is 38.7 Å². The van der Waals surface area contributed by atoms with E-state index in [0.717, 1.165) is 38.2 Å². The maximum absolute atomic E-state index is 12.7. The second kappa shape index (κ2) is 7.54. The standard InChI is InChI=1S/C18H29N5O2/c1-12(2)17(19-13(3)24)18(25)22-8-6-14(7-9-22)10-23-11-16(20-21-23)15-4-5-15/h11-12,14-15,17H,4-10H2,1-3H3,(H,19,24)/t17-/m0/s1. The Bertz CT molecular complexity index is 615. The number of carbonyl (C=O) groups excluding carboxylic acids is 2. The molecule has 0 aromatic carbocycles. The zero-order valence-corrected chi connectivity index (χ0v) is 15.4. The highest BCUT2D eigenvalue weighted by atomic mass is 16.2. The van der Waals surface area contributed by atoms with E-state index in [2.05, 4.69) is 21.8 Å². The number of aromatic nitrogens is 3. The molecule has 1 saturated heterocycles. The highest BCUT2D eigenvalue weighted by molar-refractivity contribution is 5.87. The van der Waals surface area contributed by atoms with Crippen molar-refractivity contribution in [1.29, 1.82) is 0 Å². The summed E-state index contributed by atoms with van der Waals surface area (Å²) in [5.41, 5.74) is 1.13. The lowest BCUT2D eigenvalue weighted by Gasteiger charge is -2.35. The van der Waals surface area contributed by atoms with Gasteiger partial charge in [-0.05, 0) is 37.5 Å². The summed E-state index contributed by atoms with van der Waals surface area (Å²) in [4.78, 5) is 26.0. The molecule has 7 nitrogen and oxygen atoms in total. The molecule has 1 aliphatic carbocycles. The van der Waals surface area contributed by atoms with Crippen LogP contribution in [0, 0.1) is 11.8 Å². The molecular weight excluding hydrogens is 318 g/mol. The topological polar surface area (TPSA) is 80.1 Å². The first-order valence-electron chi connectivity index (χ1n) is 9.40. The second-order valence-corrected chi connectivity index (χ2v) is 7.83. The van der Waals surface area contributed by atoms with Gasteiger partial charge >= 0.3 is 0 Å². The lowest BCUT2D eigenvalue weighted by molar-refractivity contribution is -0.138. The van der Waals surface area contributed by atoms with Crippen LogP contribution in [0.3, 0.4) is 0 Å². The summed E-state index contributed by atoms with van der Waals surface area (Å²) in [6, 6.07) is -0.425. The number of piperidine rings is 1. The molecule has 2 aliphatic rings. The summed E-state index contributed by atoms with van der Waals surface area (Å²) in [5.74, 6) is 1.14. The van der Waals surface area contributed by atoms with Crippen LogP contribution in [0.15, 0.2) is 6.20 Å². The van der Waals surface area contributed by atoms with Crippen molar-refractivity contribution >= 4 is 11.8 Å². The van der Waals surface area contributed by atoms with Gasteiger partial charge in [-0.25, -0.2) is 0 Å². The van der Waals surface area contributed by atoms with Crippen LogP contribution < -0.4 is 5.32 Å². The third-order valence-corrected chi connectivity index (χ3v) is 5.21. The number of nitrogens with one attached hydrogen (secondary N) is 1. The quantitative estimate of drug-likeness (QED) is 0.847. The first-order chi connectivity index (χ1) is 11.9. The Morgan fingerprint density at radius 2 is 1.92 bits per heavy atom. The number of nitrogens with zero attached hydrogens (tertiary/aromatic N) is 4. The van der Waals surface area contributed by atoms with Gasteiger partial charge in [-0.3, -0.25) is 14.3 Å². The van der Waals surface area contributed by atoms with E-state index in [-0.39, 0.29) is 17.7 Å². The summed E-state index contributed by atoms with van der Waals surface area (Å²) in [6.45, 7) is 7.76. The molecule has 0 bridgehead atoms. The molecule has 1 N–H and O–H groups in total. The van der Waals surface area contributed by atoms with E-state index in [1.54, 1.807) is 0 Å². The maximum Gasteiger partial charge on any atom is 0.245 e. The van der Waals surface area contributed by atoms with Gasteiger partial charge in [-0.15, -0.1) is 5.10 Å². The second-order valence-electron chi connectivity index (χ2n) is 7.83. The van der Waals surface area contributed by atoms with Gasteiger partial charge in [0.05, 0.1) is 5.69 Å². The first kappa shape index (κ1) is 17.9. The Kier molecular flexibility index (Phi) is 5.39. The van der Waals surface area contributed by atoms with Crippen LogP contribution in [0.4, 0.5) is 0 Å². The number of hydrogen-bond acceptors (Lipinski definition) is 4. The largest absolute Gasteiger partial charge is 0.344 e. The van der Waals surface area contributed by atoms with Crippen molar-refractivity contribution in [1.82, 2.24) is 25.2 Å². The number of amides is 2. The van der Waals surface area contributed by atoms with Crippen molar-refractivity contribution in [3.8, 4) is 0 Å². The van der Waals surface area contributed by atoms with E-state index < -0.39 is 6.04 Å². The Morgan fingerprint density at radius 1 is 1.24 bits per heavy atom. The van der Waals surface area contributed by atoms with Crippen LogP contribution in [0.1, 0.15) is 58.1 Å². The lowest BCUT2D eigenvalue weighted by Crippen LogP contribution is -2.52. The van der Waals surface area contributed by atoms with Crippen LogP contribution in [0.2, 0.25) is 0 Å². The van der Waals surface area contributed by atoms with Crippen LogP contribution >= 0.6 is 0 Å². The van der Waals surface area contributed by atoms with Crippen molar-refractivity contribution in [3.05, 3.63) is 11.9 Å². The molecule has 2 fully saturated rings. The number of rotatable bonds is 6. The Balaban J connectivity index is 1.49. The fraction of sp³-hybridized carbons (Fsp3) is 0.778. The molecule has 1 aliphatic heterocycles. The minimum Gasteiger partial charge on any atom is -0.344 e. The number of carbonyl (C=O) groups is 2. The zero-order valence-electron chi connectivity index (χ0n) is 15.4. The van der Waals surface area contributed by atoms with Crippen molar-refractivity contribution in [2.75, 3.05) is 13.1 Å². The van der Waals surface area contributed by atoms with Gasteiger partial charge in [-0.2, -0.15) is 0 Å². The molecule has 0 unspecified atom stereocenters. The SMILES string of the molecule is CC(=O)N[C@H](C(=O)N1CCC(Cn2cc(C3CC3)nn2)CC1)C(C)C. The Labute approximate surface area is 149 Å². The third kappa shape index (κ3) is 4.58. The van der Waals surface area contributed by atoms with E-state index >= 15 is 0 Å². The average Bonchev–Trinajstić information content (AvgIpc) is 3.32. The molecule has 3 rings (SSSR count). The summed E-state index contributed by atoms with van der Waals surface area (Å²) >= 11 is 0. The monoisotopic (exact) mass is 347 g/mol. The number of likely N-dealkylation sites (tertiary alicyclic amines) is 1. The predicted molar refractivity (Wildman–Crippen MR) is 93.7 cm³/mol. The zero-order chi connectivity index (χ0) is 18.0. The highest BCUT2D eigenvalue weighted by Crippen LogP contribution is 2.38. The molecule has 2 heterocycles. The highest BCUT2D eigenvalue weighted by Gasteiger charge is 2.31. The summed E-state index contributed by atoms with van der Waals surface area (Å²) in [5, 5.41) is 11.3. The van der Waals surface area contributed by atoms with Gasteiger partial charge in [0.25, 0.3) is 0 Å². The van der Waals surface area contributed by atoms with Gasteiger partial charge in [0.2, 0.25) is 11.8 Å². The molecule has 25 heavy (non-hydrogen) atoms. The fourth-order valence-corrected chi connectivity index (χ4v) is 3.50. The smallest absolute Gasteiger partial charge is 0.245 e. The van der Waals surface area contributed by atoms with Gasteiger partial charge in [0.15, 0.2) is 0 Å². The van der Waals surface area contributed by atoms with Crippen LogP contribution in [-0.4, -0.2) is 50.8 Å². The molecular formula is C18H29N5O2. The molecule has 1 saturated carbocycles. The summed E-state index contributed by atoms with van der Waals surface area (Å²) in [7, 11) is 0. The Morgan fingerprint density at radius 3 is 2.48 bits per heavy atom. The minimum absolute atomic E-state index is 0.0421. The Hall–Kier alpha value is -1.92. The predicted octanol–water partition coefficient (Wildman–Crippen LogP) is 1.55. The van der Waals surface area contributed by atoms with E-state index in [1.807, 2.05) is 23.4 Å². The van der Waals surface area contributed by atoms with Gasteiger partial charge in [0.1, 0.15) is 6.04 Å². The normalized spacial score (nSPS) is 19.9. The molecule has 1 aromatic heterocycles. The molecule has 138 valence electrons. The number of hydrogen-bond donors (Lipinski definition) is 1. The van der Waals surface area contributed by atoms with E-state index in [9.17, 15) is 9.59 Å². The van der Waals surface area contributed by atoms with E-state index in [1.165, 1.54) is 19.8 Å². The average molecular weight is 347 g/mol. The first-order valence-corrected chi connectivity index (χ1v) is 9.40. The van der Waals surface area contributed by atoms with Crippen LogP contribution in [-0.2, 0) is 16.1 Å². The molecule has 2 amide bonds. The van der Waals surface area contributed by atoms with E-state index in [4.69, 9.17) is 0 Å². The van der Waals surface area contributed by atoms with Crippen LogP contribution in [0.5, 0.6) is 0 Å². The molecule has 0 spiro atoms. The molecule has 7 heteroatoms. The van der Waals surface area contributed by atoms with Crippen molar-refractivity contribution < 1.29 is 9.59 Å². The minimum atomic E-state index is -0.425. The van der Waals surface area contributed by atoms with Crippen LogP contribution in [0.25, 0.3) is 0 Å². The van der Waals surface area contributed by atoms with Gasteiger partial charge in [-0.1, -0.05) is 19.1 Å². The molecule has 1 aromatic rings. The van der Waals surface area contributed by atoms with Gasteiger partial charge < -0.3 is 10.2 Å². The van der Waals surface area contributed by atoms with Crippen molar-refractivity contribution in [2.24, 2.45) is 11.8 Å². The summed E-state index contributed by atoms with van der Waals surface area (Å²) in [6.07, 6.45) is 6.50. The maximum atomic E-state index is 12.7. The molecule has 1 atom stereocenters. The molecule has 0 radical (unpaired) electrons. The van der Waals surface area contributed by atoms with Crippen molar-refractivity contribution in [2.45, 2.75) is 65.0 Å². The van der Waals surface area contributed by atoms with Crippen molar-refractivity contribution in [3.63, 3.8) is 0 Å². The lowest BCUT2D eigenvalue weighted by atomic mass is 9.95. The summed E-state index contributed by atoms with van der Waals surface area (Å²) < 4.78 is 1.96. The van der Waals surface area contributed by atoms with E-state index in [0.29, 0.717) is 11.8 Å². The fourth-order valence-electron chi connectivity index (χ4n) is 3.50.